The lowest BCUT2D eigenvalue weighted by Gasteiger charge is -2.28. The molecule has 0 spiro atoms. The minimum Gasteiger partial charge on any atom is -0.846 e. The highest BCUT2D eigenvalue weighted by Crippen LogP contribution is 2.30. The van der Waals surface area contributed by atoms with Gasteiger partial charge in [0.15, 0.2) is 0 Å². The molecule has 1 saturated heterocycles. The van der Waals surface area contributed by atoms with Crippen molar-refractivity contribution in [3.05, 3.63) is 71.8 Å². The highest BCUT2D eigenvalue weighted by Gasteiger charge is 2.32. The molecule has 1 fully saturated rings. The van der Waals surface area contributed by atoms with Crippen molar-refractivity contribution in [3.8, 4) is 11.3 Å². The Morgan fingerprint density at radius 2 is 2.03 bits per heavy atom. The third kappa shape index (κ3) is 5.05. The SMILES string of the molecule is Cc1cnn(C2COC2)c1-c1ccc(C[n+]2cc(N=C([O-])Nc3ccnc(C(F)(F)F)c3)on2)cc1. The van der Waals surface area contributed by atoms with Crippen LogP contribution in [0.15, 0.2) is 64.5 Å². The number of nitrogens with one attached hydrogen (secondary N) is 1. The fourth-order valence-corrected chi connectivity index (χ4v) is 3.71. The van der Waals surface area contributed by atoms with Crippen molar-refractivity contribution in [2.75, 3.05) is 18.5 Å². The Bertz CT molecular complexity index is 1390. The van der Waals surface area contributed by atoms with Gasteiger partial charge >= 0.3 is 12.1 Å². The van der Waals surface area contributed by atoms with Crippen LogP contribution in [0.2, 0.25) is 0 Å². The van der Waals surface area contributed by atoms with E-state index < -0.39 is 17.9 Å². The van der Waals surface area contributed by atoms with Gasteiger partial charge in [0, 0.05) is 23.0 Å². The fourth-order valence-electron chi connectivity index (χ4n) is 3.71. The van der Waals surface area contributed by atoms with Gasteiger partial charge in [-0.3, -0.25) is 14.2 Å². The van der Waals surface area contributed by atoms with Crippen molar-refractivity contribution in [2.45, 2.75) is 25.7 Å². The van der Waals surface area contributed by atoms with E-state index in [2.05, 4.69) is 25.7 Å². The monoisotopic (exact) mass is 499 g/mol. The van der Waals surface area contributed by atoms with Gasteiger partial charge in [-0.05, 0) is 29.3 Å². The Kier molecular flexibility index (Phi) is 6.14. The number of rotatable bonds is 6. The Morgan fingerprint density at radius 1 is 1.25 bits per heavy atom. The normalized spacial score (nSPS) is 14.6. The molecule has 5 rings (SSSR count). The number of aromatic nitrogens is 5. The number of ether oxygens (including phenoxy) is 1. The van der Waals surface area contributed by atoms with Gasteiger partial charge in [-0.2, -0.15) is 18.3 Å². The van der Waals surface area contributed by atoms with Gasteiger partial charge in [-0.25, -0.2) is 4.99 Å². The smallest absolute Gasteiger partial charge is 0.433 e. The molecule has 186 valence electrons. The van der Waals surface area contributed by atoms with E-state index in [1.54, 1.807) is 0 Å². The van der Waals surface area contributed by atoms with E-state index in [1.165, 1.54) is 16.9 Å². The molecule has 1 aromatic carbocycles. The van der Waals surface area contributed by atoms with Gasteiger partial charge in [-0.1, -0.05) is 24.3 Å². The first-order chi connectivity index (χ1) is 17.3. The summed E-state index contributed by atoms with van der Waals surface area (Å²) >= 11 is 0. The third-order valence-electron chi connectivity index (χ3n) is 5.53. The lowest BCUT2D eigenvalue weighted by atomic mass is 10.1. The van der Waals surface area contributed by atoms with Crippen LogP contribution < -0.4 is 15.1 Å². The molecule has 0 saturated carbocycles. The van der Waals surface area contributed by atoms with Crippen molar-refractivity contribution in [1.29, 1.82) is 0 Å². The number of anilines is 1. The second kappa shape index (κ2) is 9.41. The number of alkyl halides is 3. The van der Waals surface area contributed by atoms with Crippen molar-refractivity contribution < 1.29 is 32.2 Å². The van der Waals surface area contributed by atoms with Crippen molar-refractivity contribution in [1.82, 2.24) is 20.0 Å². The molecular formula is C23H20F3N7O3. The fraction of sp³-hybridized carbons (Fsp3) is 0.261. The topological polar surface area (TPSA) is 117 Å². The maximum atomic E-state index is 12.8. The average Bonchev–Trinajstić information content (AvgIpc) is 3.39. The Hall–Kier alpha value is -4.26. The molecule has 1 aliphatic heterocycles. The van der Waals surface area contributed by atoms with Gasteiger partial charge in [0.1, 0.15) is 5.69 Å². The van der Waals surface area contributed by atoms with Crippen LogP contribution in [-0.4, -0.2) is 39.3 Å². The standard InChI is InChI=1S/C23H20F3N7O3/c1-14-9-28-33(18-12-35-13-18)21(14)16-4-2-15(3-5-16)10-32-11-20(36-31-32)30-22(34)29-17-6-7-27-19(8-17)23(24,25)26/h2-9,11,18H,10,12-13H2,1H3,(H-,27,29,30,31,34). The number of hydrogen-bond donors (Lipinski definition) is 1. The number of pyridine rings is 1. The molecule has 4 aromatic rings. The number of nitrogens with zero attached hydrogens (tertiary/aromatic N) is 6. The first-order valence-corrected chi connectivity index (χ1v) is 10.9. The van der Waals surface area contributed by atoms with Crippen molar-refractivity contribution in [2.24, 2.45) is 4.99 Å². The summed E-state index contributed by atoms with van der Waals surface area (Å²) in [6, 6.07) is 9.17. The molecule has 4 heterocycles. The summed E-state index contributed by atoms with van der Waals surface area (Å²) in [5.41, 5.74) is 2.86. The minimum atomic E-state index is -4.63. The zero-order chi connectivity index (χ0) is 25.3. The van der Waals surface area contributed by atoms with E-state index in [1.807, 2.05) is 42.1 Å². The second-order valence-electron chi connectivity index (χ2n) is 8.22. The van der Waals surface area contributed by atoms with E-state index in [0.29, 0.717) is 25.8 Å². The summed E-state index contributed by atoms with van der Waals surface area (Å²) in [6.07, 6.45) is -0.421. The first kappa shape index (κ1) is 23.5. The maximum Gasteiger partial charge on any atom is 0.433 e. The van der Waals surface area contributed by atoms with Gasteiger partial charge in [0.25, 0.3) is 6.20 Å². The van der Waals surface area contributed by atoms with E-state index in [4.69, 9.17) is 9.26 Å². The van der Waals surface area contributed by atoms with Crippen LogP contribution >= 0.6 is 0 Å². The summed E-state index contributed by atoms with van der Waals surface area (Å²) < 4.78 is 52.1. The molecule has 0 radical (unpaired) electrons. The lowest BCUT2D eigenvalue weighted by Crippen LogP contribution is -2.35. The average molecular weight is 499 g/mol. The minimum absolute atomic E-state index is 0.0972. The Balaban J connectivity index is 1.25. The third-order valence-corrected chi connectivity index (χ3v) is 5.53. The molecule has 10 nitrogen and oxygen atoms in total. The molecule has 0 aliphatic carbocycles. The molecule has 0 atom stereocenters. The summed E-state index contributed by atoms with van der Waals surface area (Å²) in [5.74, 6) is -0.100. The summed E-state index contributed by atoms with van der Waals surface area (Å²) in [5, 5.41) is 22.7. The van der Waals surface area contributed by atoms with Crippen LogP contribution in [0, 0.1) is 6.92 Å². The second-order valence-corrected chi connectivity index (χ2v) is 8.22. The lowest BCUT2D eigenvalue weighted by molar-refractivity contribution is -0.754. The van der Waals surface area contributed by atoms with Crippen LogP contribution in [-0.2, 0) is 17.5 Å². The first-order valence-electron chi connectivity index (χ1n) is 10.9. The molecule has 1 N–H and O–H groups in total. The van der Waals surface area contributed by atoms with E-state index in [0.717, 1.165) is 28.6 Å². The quantitative estimate of drug-likeness (QED) is 0.246. The molecule has 0 bridgehead atoms. The molecule has 13 heteroatoms. The Labute approximate surface area is 202 Å². The van der Waals surface area contributed by atoms with Gasteiger partial charge in [0.05, 0.1) is 37.2 Å². The highest BCUT2D eigenvalue weighted by atomic mass is 19.4. The van der Waals surface area contributed by atoms with Crippen molar-refractivity contribution in [3.63, 3.8) is 0 Å². The van der Waals surface area contributed by atoms with Gasteiger partial charge in [0.2, 0.25) is 11.8 Å². The van der Waals surface area contributed by atoms with Crippen molar-refractivity contribution >= 4 is 17.6 Å². The molecule has 0 amide bonds. The van der Waals surface area contributed by atoms with Crippen LogP contribution in [0.4, 0.5) is 24.7 Å². The predicted octanol–water partition coefficient (Wildman–Crippen LogP) is 2.63. The van der Waals surface area contributed by atoms with Crippen LogP contribution in [0.5, 0.6) is 0 Å². The molecule has 3 aromatic heterocycles. The van der Waals surface area contributed by atoms with Crippen LogP contribution in [0.25, 0.3) is 11.3 Å². The predicted molar refractivity (Wildman–Crippen MR) is 118 cm³/mol. The number of aliphatic imine (C=N–C) groups is 1. The molecule has 1 aliphatic rings. The zero-order valence-corrected chi connectivity index (χ0v) is 18.9. The summed E-state index contributed by atoms with van der Waals surface area (Å²) in [6.45, 7) is 3.67. The Morgan fingerprint density at radius 3 is 2.72 bits per heavy atom. The van der Waals surface area contributed by atoms with Gasteiger partial charge < -0.3 is 15.2 Å². The number of aryl methyl sites for hydroxylation is 1. The van der Waals surface area contributed by atoms with Gasteiger partial charge in [-0.15, -0.1) is 0 Å². The van der Waals surface area contributed by atoms with Crippen LogP contribution in [0.1, 0.15) is 22.9 Å². The number of halogens is 3. The van der Waals surface area contributed by atoms with E-state index in [-0.39, 0.29) is 17.6 Å². The number of amidine groups is 1. The summed E-state index contributed by atoms with van der Waals surface area (Å²) in [4.78, 5) is 6.92. The molecular weight excluding hydrogens is 479 g/mol. The van der Waals surface area contributed by atoms with E-state index >= 15 is 0 Å². The molecule has 36 heavy (non-hydrogen) atoms. The van der Waals surface area contributed by atoms with E-state index in [9.17, 15) is 18.3 Å². The summed E-state index contributed by atoms with van der Waals surface area (Å²) in [7, 11) is 0. The zero-order valence-electron chi connectivity index (χ0n) is 18.9. The number of benzene rings is 1. The molecule has 0 unspecified atom stereocenters. The maximum absolute atomic E-state index is 12.8. The largest absolute Gasteiger partial charge is 0.846 e. The van der Waals surface area contributed by atoms with Crippen LogP contribution in [0.3, 0.4) is 0 Å². The highest BCUT2D eigenvalue weighted by molar-refractivity contribution is 5.86. The number of hydrogen-bond acceptors (Lipinski definition) is 7.